The first kappa shape index (κ1) is 21.1. The van der Waals surface area contributed by atoms with E-state index in [-0.39, 0.29) is 11.3 Å². The van der Waals surface area contributed by atoms with Crippen LogP contribution in [0.1, 0.15) is 23.5 Å². The Labute approximate surface area is 192 Å². The number of nitrogens with one attached hydrogen (secondary N) is 2. The maximum atomic E-state index is 13.0. The number of fused-ring (bicyclic) bond motifs is 2. The molecule has 9 nitrogen and oxygen atoms in total. The molecule has 168 valence electrons. The van der Waals surface area contributed by atoms with Crippen molar-refractivity contribution in [1.82, 2.24) is 20.0 Å². The normalized spacial score (nSPS) is 12.0. The lowest BCUT2D eigenvalue weighted by Crippen LogP contribution is -2.18. The zero-order valence-corrected chi connectivity index (χ0v) is 18.0. The van der Waals surface area contributed by atoms with E-state index < -0.39 is 17.9 Å². The highest BCUT2D eigenvalue weighted by atomic mass is 16.4. The number of carboxylic acids is 1. The number of carbonyl (C=O) groups excluding carboxylic acids is 1. The number of anilines is 1. The summed E-state index contributed by atoms with van der Waals surface area (Å²) in [6.45, 7) is 1.51. The molecular formula is C25H19N5O4. The third kappa shape index (κ3) is 3.58. The minimum absolute atomic E-state index is 0.140. The van der Waals surface area contributed by atoms with Crippen LogP contribution in [-0.4, -0.2) is 37.0 Å². The molecule has 9 heteroatoms. The van der Waals surface area contributed by atoms with Crippen LogP contribution in [0.5, 0.6) is 0 Å². The van der Waals surface area contributed by atoms with Gasteiger partial charge in [0.1, 0.15) is 6.04 Å². The van der Waals surface area contributed by atoms with Crippen LogP contribution in [-0.2, 0) is 4.79 Å². The van der Waals surface area contributed by atoms with Crippen LogP contribution < -0.4 is 10.9 Å². The Kier molecular flexibility index (Phi) is 5.14. The summed E-state index contributed by atoms with van der Waals surface area (Å²) in [5.41, 5.74) is 2.38. The summed E-state index contributed by atoms with van der Waals surface area (Å²) in [5.74, 6) is -1.49. The van der Waals surface area contributed by atoms with Crippen LogP contribution in [0.15, 0.2) is 77.6 Å². The predicted molar refractivity (Wildman–Crippen MR) is 128 cm³/mol. The average molecular weight is 453 g/mol. The molecule has 1 atom stereocenters. The maximum Gasteiger partial charge on any atom is 0.328 e. The number of aliphatic carboxylic acids is 1. The van der Waals surface area contributed by atoms with Gasteiger partial charge in [-0.1, -0.05) is 48.5 Å². The van der Waals surface area contributed by atoms with Gasteiger partial charge in [-0.2, -0.15) is 10.2 Å². The van der Waals surface area contributed by atoms with Gasteiger partial charge in [0.05, 0.1) is 16.6 Å². The second-order valence-corrected chi connectivity index (χ2v) is 7.80. The van der Waals surface area contributed by atoms with E-state index in [0.29, 0.717) is 27.7 Å². The van der Waals surface area contributed by atoms with E-state index in [1.165, 1.54) is 11.6 Å². The van der Waals surface area contributed by atoms with E-state index in [4.69, 9.17) is 0 Å². The Morgan fingerprint density at radius 2 is 1.59 bits per heavy atom. The van der Waals surface area contributed by atoms with E-state index in [0.717, 1.165) is 10.9 Å². The molecule has 1 unspecified atom stereocenters. The van der Waals surface area contributed by atoms with Gasteiger partial charge in [0.25, 0.3) is 11.5 Å². The number of nitrogens with zero attached hydrogens (tertiary/aromatic N) is 3. The number of benzene rings is 3. The van der Waals surface area contributed by atoms with E-state index in [1.54, 1.807) is 60.7 Å². The number of H-pyrrole nitrogens is 1. The van der Waals surface area contributed by atoms with Gasteiger partial charge in [-0.15, -0.1) is 0 Å². The monoisotopic (exact) mass is 453 g/mol. The van der Waals surface area contributed by atoms with Crippen molar-refractivity contribution in [3.8, 4) is 11.3 Å². The minimum atomic E-state index is -1.04. The van der Waals surface area contributed by atoms with Crippen molar-refractivity contribution < 1.29 is 14.7 Å². The van der Waals surface area contributed by atoms with Gasteiger partial charge in [0.2, 0.25) is 0 Å². The molecule has 2 heterocycles. The average Bonchev–Trinajstić information content (AvgIpc) is 3.24. The summed E-state index contributed by atoms with van der Waals surface area (Å²) < 4.78 is 1.34. The van der Waals surface area contributed by atoms with Crippen molar-refractivity contribution in [1.29, 1.82) is 0 Å². The van der Waals surface area contributed by atoms with Crippen molar-refractivity contribution in [2.75, 3.05) is 5.32 Å². The fourth-order valence-electron chi connectivity index (χ4n) is 3.89. The second-order valence-electron chi connectivity index (χ2n) is 7.80. The number of aromatic amines is 1. The van der Waals surface area contributed by atoms with Crippen LogP contribution in [0, 0.1) is 0 Å². The van der Waals surface area contributed by atoms with E-state index in [2.05, 4.69) is 20.6 Å². The van der Waals surface area contributed by atoms with Gasteiger partial charge in [-0.3, -0.25) is 14.3 Å². The number of para-hydroxylation sites is 1. The minimum Gasteiger partial charge on any atom is -0.480 e. The van der Waals surface area contributed by atoms with Crippen LogP contribution in [0.4, 0.5) is 5.69 Å². The van der Waals surface area contributed by atoms with Gasteiger partial charge < -0.3 is 10.4 Å². The second kappa shape index (κ2) is 8.28. The number of hydrogen-bond donors (Lipinski definition) is 3. The molecule has 0 saturated carbocycles. The number of hydrogen-bond acceptors (Lipinski definition) is 5. The van der Waals surface area contributed by atoms with Crippen molar-refractivity contribution in [3.63, 3.8) is 0 Å². The van der Waals surface area contributed by atoms with Crippen LogP contribution in [0.25, 0.3) is 32.9 Å². The zero-order chi connectivity index (χ0) is 23.8. The highest BCUT2D eigenvalue weighted by molar-refractivity contribution is 6.11. The molecule has 1 amide bonds. The summed E-state index contributed by atoms with van der Waals surface area (Å²) in [5, 5.41) is 25.1. The fourth-order valence-corrected chi connectivity index (χ4v) is 3.89. The third-order valence-corrected chi connectivity index (χ3v) is 5.67. The summed E-state index contributed by atoms with van der Waals surface area (Å²) in [6, 6.07) is 20.3. The lowest BCUT2D eigenvalue weighted by atomic mass is 10.0. The molecule has 0 fully saturated rings. The first-order chi connectivity index (χ1) is 16.4. The standard InChI is InChI=1S/C25H19N5O4/c1-14(25(33)34)30-20-9-5-4-8-19(20)22(29-30)24(32)26-16-12-10-15(11-13-16)21-17-6-2-3-7-18(17)23(31)28-27-21/h2-14H,1H3,(H,26,32)(H,28,31)(H,33,34). The Bertz CT molecular complexity index is 1620. The molecule has 0 aliphatic rings. The maximum absolute atomic E-state index is 13.0. The largest absolute Gasteiger partial charge is 0.480 e. The molecule has 3 N–H and O–H groups in total. The summed E-state index contributed by atoms with van der Waals surface area (Å²) >= 11 is 0. The topological polar surface area (TPSA) is 130 Å². The van der Waals surface area contributed by atoms with Gasteiger partial charge >= 0.3 is 5.97 Å². The molecule has 0 aliphatic heterocycles. The SMILES string of the molecule is CC(C(=O)O)n1nc(C(=O)Nc2ccc(-c3n[nH]c(=O)c4ccccc34)cc2)c2ccccc21. The molecule has 3 aromatic carbocycles. The number of rotatable bonds is 5. The quantitative estimate of drug-likeness (QED) is 0.371. The van der Waals surface area contributed by atoms with Gasteiger partial charge in [-0.05, 0) is 31.2 Å². The number of aromatic nitrogens is 4. The van der Waals surface area contributed by atoms with Gasteiger partial charge in [0.15, 0.2) is 5.69 Å². The van der Waals surface area contributed by atoms with Crippen molar-refractivity contribution in [2.45, 2.75) is 13.0 Å². The number of carboxylic acid groups (broad SMARTS) is 1. The molecule has 0 bridgehead atoms. The molecule has 5 aromatic rings. The van der Waals surface area contributed by atoms with Crippen LogP contribution in [0.3, 0.4) is 0 Å². The Hall–Kier alpha value is -4.79. The highest BCUT2D eigenvalue weighted by Crippen LogP contribution is 2.26. The molecule has 34 heavy (non-hydrogen) atoms. The Morgan fingerprint density at radius 3 is 2.29 bits per heavy atom. The van der Waals surface area contributed by atoms with E-state index in [9.17, 15) is 19.5 Å². The smallest absolute Gasteiger partial charge is 0.328 e. The lowest BCUT2D eigenvalue weighted by molar-refractivity contribution is -0.140. The Balaban J connectivity index is 1.45. The molecular weight excluding hydrogens is 434 g/mol. The first-order valence-electron chi connectivity index (χ1n) is 10.5. The van der Waals surface area contributed by atoms with Gasteiger partial charge in [-0.25, -0.2) is 9.89 Å². The molecule has 0 saturated heterocycles. The van der Waals surface area contributed by atoms with Crippen molar-refractivity contribution >= 4 is 39.2 Å². The zero-order valence-electron chi connectivity index (χ0n) is 18.0. The fraction of sp³-hybridized carbons (Fsp3) is 0.0800. The number of carbonyl (C=O) groups is 2. The van der Waals surface area contributed by atoms with Crippen molar-refractivity contribution in [2.24, 2.45) is 0 Å². The van der Waals surface area contributed by atoms with Gasteiger partial charge in [0, 0.05) is 22.0 Å². The third-order valence-electron chi connectivity index (χ3n) is 5.67. The van der Waals surface area contributed by atoms with Crippen LogP contribution >= 0.6 is 0 Å². The van der Waals surface area contributed by atoms with Crippen molar-refractivity contribution in [3.05, 3.63) is 88.8 Å². The van der Waals surface area contributed by atoms with Crippen LogP contribution in [0.2, 0.25) is 0 Å². The molecule has 0 aliphatic carbocycles. The predicted octanol–water partition coefficient (Wildman–Crippen LogP) is 3.84. The van der Waals surface area contributed by atoms with E-state index >= 15 is 0 Å². The summed E-state index contributed by atoms with van der Waals surface area (Å²) in [6.07, 6.45) is 0. The molecule has 2 aromatic heterocycles. The van der Waals surface area contributed by atoms with E-state index in [1.807, 2.05) is 12.1 Å². The lowest BCUT2D eigenvalue weighted by Gasteiger charge is -2.08. The first-order valence-corrected chi connectivity index (χ1v) is 10.5. The Morgan fingerprint density at radius 1 is 0.941 bits per heavy atom. The number of amides is 1. The molecule has 0 spiro atoms. The molecule has 5 rings (SSSR count). The molecule has 0 radical (unpaired) electrons. The summed E-state index contributed by atoms with van der Waals surface area (Å²) in [4.78, 5) is 36.5. The summed E-state index contributed by atoms with van der Waals surface area (Å²) in [7, 11) is 0. The highest BCUT2D eigenvalue weighted by Gasteiger charge is 2.23.